The molecule has 1 saturated heterocycles. The fourth-order valence-corrected chi connectivity index (χ4v) is 3.90. The van der Waals surface area contributed by atoms with Crippen molar-refractivity contribution in [3.05, 3.63) is 64.6 Å². The standard InChI is InChI=1S/C19H22BrN3S/c20-16-9-6-10-17(13-16)22-19(24)21-14-18(23-11-4-5-12-23)15-7-2-1-3-8-15/h1-3,6-10,13,18H,4-5,11-12,14H2,(H2,21,22,24)/p+1/t18-/m0/s1. The Balaban J connectivity index is 1.61. The van der Waals surface area contributed by atoms with E-state index in [1.54, 1.807) is 4.90 Å². The van der Waals surface area contributed by atoms with Crippen molar-refractivity contribution in [3.63, 3.8) is 0 Å². The van der Waals surface area contributed by atoms with Crippen LogP contribution in [0.3, 0.4) is 0 Å². The minimum absolute atomic E-state index is 0.441. The quantitative estimate of drug-likeness (QED) is 0.668. The number of benzene rings is 2. The molecular weight excluding hydrogens is 382 g/mol. The van der Waals surface area contributed by atoms with Crippen LogP contribution in [0.1, 0.15) is 24.4 Å². The van der Waals surface area contributed by atoms with E-state index < -0.39 is 0 Å². The molecule has 3 nitrogen and oxygen atoms in total. The summed E-state index contributed by atoms with van der Waals surface area (Å²) in [5, 5.41) is 7.35. The lowest BCUT2D eigenvalue weighted by Crippen LogP contribution is -3.11. The molecule has 5 heteroatoms. The van der Waals surface area contributed by atoms with Gasteiger partial charge in [-0.25, -0.2) is 0 Å². The Kier molecular flexibility index (Phi) is 6.24. The Hall–Kier alpha value is -1.43. The van der Waals surface area contributed by atoms with Crippen molar-refractivity contribution in [2.45, 2.75) is 18.9 Å². The van der Waals surface area contributed by atoms with Gasteiger partial charge < -0.3 is 15.5 Å². The molecule has 0 aromatic heterocycles. The van der Waals surface area contributed by atoms with E-state index in [0.717, 1.165) is 16.7 Å². The molecule has 1 fully saturated rings. The first-order valence-corrected chi connectivity index (χ1v) is 9.62. The van der Waals surface area contributed by atoms with Crippen LogP contribution in [0.5, 0.6) is 0 Å². The number of quaternary nitrogens is 1. The Morgan fingerprint density at radius 2 is 1.83 bits per heavy atom. The van der Waals surface area contributed by atoms with E-state index in [1.165, 1.54) is 31.5 Å². The Morgan fingerprint density at radius 3 is 2.54 bits per heavy atom. The second-order valence-corrected chi connectivity index (χ2v) is 7.50. The van der Waals surface area contributed by atoms with Gasteiger partial charge in [-0.05, 0) is 30.4 Å². The highest BCUT2D eigenvalue weighted by molar-refractivity contribution is 9.10. The van der Waals surface area contributed by atoms with E-state index in [0.29, 0.717) is 11.2 Å². The van der Waals surface area contributed by atoms with E-state index in [1.807, 2.05) is 24.3 Å². The van der Waals surface area contributed by atoms with Gasteiger partial charge in [-0.2, -0.15) is 0 Å². The van der Waals surface area contributed by atoms with Crippen molar-refractivity contribution in [2.75, 3.05) is 25.0 Å². The second-order valence-electron chi connectivity index (χ2n) is 6.17. The van der Waals surface area contributed by atoms with Crippen LogP contribution in [0.25, 0.3) is 0 Å². The lowest BCUT2D eigenvalue weighted by Gasteiger charge is -2.26. The SMILES string of the molecule is S=C(NC[C@@H](c1ccccc1)[NH+]1CCCC1)Nc1cccc(Br)c1. The van der Waals surface area contributed by atoms with Crippen molar-refractivity contribution in [1.29, 1.82) is 0 Å². The number of nitrogens with one attached hydrogen (secondary N) is 3. The molecule has 0 unspecified atom stereocenters. The monoisotopic (exact) mass is 404 g/mol. The highest BCUT2D eigenvalue weighted by Crippen LogP contribution is 2.15. The molecule has 0 aliphatic carbocycles. The minimum atomic E-state index is 0.441. The minimum Gasteiger partial charge on any atom is -0.356 e. The Bertz CT molecular complexity index is 671. The van der Waals surface area contributed by atoms with Gasteiger partial charge in [0.25, 0.3) is 0 Å². The third kappa shape index (κ3) is 4.79. The molecule has 1 heterocycles. The number of likely N-dealkylation sites (tertiary alicyclic amines) is 1. The van der Waals surface area contributed by atoms with E-state index in [9.17, 15) is 0 Å². The molecule has 0 saturated carbocycles. The lowest BCUT2D eigenvalue weighted by atomic mass is 10.1. The second kappa shape index (κ2) is 8.60. The van der Waals surface area contributed by atoms with Crippen molar-refractivity contribution >= 4 is 38.9 Å². The molecule has 126 valence electrons. The predicted molar refractivity (Wildman–Crippen MR) is 107 cm³/mol. The molecule has 0 spiro atoms. The molecular formula is C19H23BrN3S+. The lowest BCUT2D eigenvalue weighted by molar-refractivity contribution is -0.918. The molecule has 1 aliphatic rings. The van der Waals surface area contributed by atoms with Gasteiger partial charge in [0.15, 0.2) is 5.11 Å². The maximum atomic E-state index is 5.48. The largest absolute Gasteiger partial charge is 0.356 e. The van der Waals surface area contributed by atoms with Crippen molar-refractivity contribution in [3.8, 4) is 0 Å². The zero-order chi connectivity index (χ0) is 16.8. The number of rotatable bonds is 5. The van der Waals surface area contributed by atoms with Crippen LogP contribution in [0.15, 0.2) is 59.1 Å². The van der Waals surface area contributed by atoms with Crippen LogP contribution in [0, 0.1) is 0 Å². The highest BCUT2D eigenvalue weighted by atomic mass is 79.9. The van der Waals surface area contributed by atoms with Gasteiger partial charge in [0, 0.05) is 28.6 Å². The third-order valence-electron chi connectivity index (χ3n) is 4.49. The molecule has 3 N–H and O–H groups in total. The van der Waals surface area contributed by atoms with Crippen LogP contribution in [-0.4, -0.2) is 24.7 Å². The maximum Gasteiger partial charge on any atom is 0.171 e. The smallest absolute Gasteiger partial charge is 0.171 e. The topological polar surface area (TPSA) is 28.5 Å². The van der Waals surface area contributed by atoms with Crippen molar-refractivity contribution in [2.24, 2.45) is 0 Å². The van der Waals surface area contributed by atoms with Crippen LogP contribution < -0.4 is 15.5 Å². The molecule has 0 amide bonds. The molecule has 1 aliphatic heterocycles. The third-order valence-corrected chi connectivity index (χ3v) is 5.23. The van der Waals surface area contributed by atoms with Crippen molar-refractivity contribution < 1.29 is 4.90 Å². The summed E-state index contributed by atoms with van der Waals surface area (Å²) in [7, 11) is 0. The molecule has 0 bridgehead atoms. The van der Waals surface area contributed by atoms with E-state index >= 15 is 0 Å². The molecule has 24 heavy (non-hydrogen) atoms. The Labute approximate surface area is 157 Å². The van der Waals surface area contributed by atoms with Crippen molar-refractivity contribution in [1.82, 2.24) is 5.32 Å². The summed E-state index contributed by atoms with van der Waals surface area (Å²) in [4.78, 5) is 1.65. The fraction of sp³-hybridized carbons (Fsp3) is 0.316. The summed E-state index contributed by atoms with van der Waals surface area (Å²) in [5.74, 6) is 0. The van der Waals surface area contributed by atoms with Gasteiger partial charge in [0.1, 0.15) is 6.04 Å². The van der Waals surface area contributed by atoms with Gasteiger partial charge in [0.05, 0.1) is 19.6 Å². The van der Waals surface area contributed by atoms with Crippen LogP contribution >= 0.6 is 28.1 Å². The van der Waals surface area contributed by atoms with Gasteiger partial charge in [-0.15, -0.1) is 0 Å². The zero-order valence-corrected chi connectivity index (χ0v) is 16.0. The normalized spacial score (nSPS) is 15.9. The maximum absolute atomic E-state index is 5.48. The van der Waals surface area contributed by atoms with E-state index in [2.05, 4.69) is 56.9 Å². The van der Waals surface area contributed by atoms with E-state index in [-0.39, 0.29) is 0 Å². The average Bonchev–Trinajstić information content (AvgIpc) is 3.10. The molecule has 2 aromatic carbocycles. The molecule has 0 radical (unpaired) electrons. The Morgan fingerprint density at radius 1 is 1.08 bits per heavy atom. The zero-order valence-electron chi connectivity index (χ0n) is 13.6. The number of hydrogen-bond donors (Lipinski definition) is 3. The predicted octanol–water partition coefficient (Wildman–Crippen LogP) is 3.16. The fourth-order valence-electron chi connectivity index (χ4n) is 3.30. The van der Waals surface area contributed by atoms with Gasteiger partial charge >= 0.3 is 0 Å². The molecule has 2 aromatic rings. The van der Waals surface area contributed by atoms with Crippen LogP contribution in [0.2, 0.25) is 0 Å². The molecule has 3 rings (SSSR count). The number of hydrogen-bond acceptors (Lipinski definition) is 1. The van der Waals surface area contributed by atoms with Crippen LogP contribution in [0.4, 0.5) is 5.69 Å². The summed E-state index contributed by atoms with van der Waals surface area (Å²) in [6.07, 6.45) is 2.64. The summed E-state index contributed by atoms with van der Waals surface area (Å²) >= 11 is 8.96. The summed E-state index contributed by atoms with van der Waals surface area (Å²) in [6, 6.07) is 19.2. The summed E-state index contributed by atoms with van der Waals surface area (Å²) in [5.41, 5.74) is 2.37. The highest BCUT2D eigenvalue weighted by Gasteiger charge is 2.27. The first-order chi connectivity index (χ1) is 11.7. The molecule has 1 atom stereocenters. The first-order valence-electron chi connectivity index (χ1n) is 8.42. The summed E-state index contributed by atoms with van der Waals surface area (Å²) in [6.45, 7) is 3.33. The number of anilines is 1. The number of halogens is 1. The van der Waals surface area contributed by atoms with Gasteiger partial charge in [0.2, 0.25) is 0 Å². The number of thiocarbonyl (C=S) groups is 1. The first kappa shape index (κ1) is 17.4. The summed E-state index contributed by atoms with van der Waals surface area (Å²) < 4.78 is 1.04. The van der Waals surface area contributed by atoms with Gasteiger partial charge in [-0.1, -0.05) is 52.3 Å². The van der Waals surface area contributed by atoms with Gasteiger partial charge in [-0.3, -0.25) is 0 Å². The van der Waals surface area contributed by atoms with Crippen LogP contribution in [-0.2, 0) is 0 Å². The average molecular weight is 405 g/mol. The van der Waals surface area contributed by atoms with E-state index in [4.69, 9.17) is 12.2 Å².